The zero-order valence-electron chi connectivity index (χ0n) is 9.67. The summed E-state index contributed by atoms with van der Waals surface area (Å²) in [5.74, 6) is 0.222. The van der Waals surface area contributed by atoms with Crippen LogP contribution < -0.4 is 5.73 Å². The van der Waals surface area contributed by atoms with Crippen LogP contribution in [0.3, 0.4) is 0 Å². The summed E-state index contributed by atoms with van der Waals surface area (Å²) in [6.45, 7) is 3.76. The lowest BCUT2D eigenvalue weighted by Crippen LogP contribution is -2.11. The number of nitrogens with zero attached hydrogens (tertiary/aromatic N) is 1. The van der Waals surface area contributed by atoms with E-state index in [9.17, 15) is 8.42 Å². The Kier molecular flexibility index (Phi) is 3.09. The number of hydrogen-bond donors (Lipinski definition) is 1. The third-order valence-electron chi connectivity index (χ3n) is 2.21. The van der Waals surface area contributed by atoms with E-state index in [-0.39, 0.29) is 16.0 Å². The molecule has 92 valence electrons. The summed E-state index contributed by atoms with van der Waals surface area (Å²) in [6, 6.07) is 5.22. The van der Waals surface area contributed by atoms with Crippen LogP contribution in [0.5, 0.6) is 0 Å². The Hall–Kier alpha value is -1.14. The number of nitrogen functional groups attached to an aromatic ring is 1. The summed E-state index contributed by atoms with van der Waals surface area (Å²) in [7, 11) is -3.27. The lowest BCUT2D eigenvalue weighted by Gasteiger charge is -2.02. The second-order valence-electron chi connectivity index (χ2n) is 4.38. The van der Waals surface area contributed by atoms with Crippen LogP contribution in [0.1, 0.15) is 13.8 Å². The van der Waals surface area contributed by atoms with E-state index in [0.717, 1.165) is 4.70 Å². The molecule has 1 aromatic heterocycles. The molecule has 1 aromatic carbocycles. The average molecular weight is 270 g/mol. The van der Waals surface area contributed by atoms with Crippen molar-refractivity contribution in [2.45, 2.75) is 18.2 Å². The van der Waals surface area contributed by atoms with Crippen LogP contribution in [0.25, 0.3) is 10.2 Å². The molecule has 0 spiro atoms. The molecule has 0 amide bonds. The standard InChI is InChI=1S/C11H14N2O2S2/c1-7(2)6-17(14,15)11-13-9-4-3-8(12)5-10(9)16-11/h3-5,7H,6,12H2,1-2H3. The van der Waals surface area contributed by atoms with E-state index >= 15 is 0 Å². The molecular formula is C11H14N2O2S2. The zero-order valence-corrected chi connectivity index (χ0v) is 11.3. The second-order valence-corrected chi connectivity index (χ2v) is 7.62. The molecule has 1 heterocycles. The van der Waals surface area contributed by atoms with Gasteiger partial charge in [0.25, 0.3) is 0 Å². The minimum Gasteiger partial charge on any atom is -0.399 e. The Balaban J connectivity index is 2.50. The summed E-state index contributed by atoms with van der Waals surface area (Å²) < 4.78 is 25.0. The Morgan fingerprint density at radius 2 is 2.12 bits per heavy atom. The highest BCUT2D eigenvalue weighted by Gasteiger charge is 2.20. The van der Waals surface area contributed by atoms with Crippen molar-refractivity contribution in [3.8, 4) is 0 Å². The van der Waals surface area contributed by atoms with Gasteiger partial charge in [-0.3, -0.25) is 0 Å². The van der Waals surface area contributed by atoms with E-state index < -0.39 is 9.84 Å². The zero-order chi connectivity index (χ0) is 12.6. The van der Waals surface area contributed by atoms with Crippen LogP contribution in [0, 0.1) is 5.92 Å². The number of rotatable bonds is 3. The maximum Gasteiger partial charge on any atom is 0.210 e. The van der Waals surface area contributed by atoms with Gasteiger partial charge in [0.2, 0.25) is 14.2 Å². The molecule has 0 bridgehead atoms. The highest BCUT2D eigenvalue weighted by Crippen LogP contribution is 2.28. The highest BCUT2D eigenvalue weighted by molar-refractivity contribution is 7.93. The largest absolute Gasteiger partial charge is 0.399 e. The molecular weight excluding hydrogens is 256 g/mol. The van der Waals surface area contributed by atoms with Gasteiger partial charge in [0.05, 0.1) is 16.0 Å². The van der Waals surface area contributed by atoms with Crippen LogP contribution in [0.4, 0.5) is 5.69 Å². The van der Waals surface area contributed by atoms with Crippen LogP contribution in [-0.4, -0.2) is 19.2 Å². The minimum atomic E-state index is -3.27. The number of benzene rings is 1. The first-order chi connectivity index (χ1) is 7.88. The van der Waals surface area contributed by atoms with E-state index in [4.69, 9.17) is 5.73 Å². The van der Waals surface area contributed by atoms with Gasteiger partial charge in [0.15, 0.2) is 0 Å². The molecule has 4 nitrogen and oxygen atoms in total. The maximum atomic E-state index is 12.0. The van der Waals surface area contributed by atoms with Crippen molar-refractivity contribution in [2.75, 3.05) is 11.5 Å². The number of anilines is 1. The van der Waals surface area contributed by atoms with Gasteiger partial charge in [-0.25, -0.2) is 13.4 Å². The van der Waals surface area contributed by atoms with Gasteiger partial charge < -0.3 is 5.73 Å². The fourth-order valence-electron chi connectivity index (χ4n) is 1.56. The lowest BCUT2D eigenvalue weighted by molar-refractivity contribution is 0.582. The van der Waals surface area contributed by atoms with Gasteiger partial charge in [0.1, 0.15) is 0 Å². The van der Waals surface area contributed by atoms with Crippen molar-refractivity contribution in [1.29, 1.82) is 0 Å². The monoisotopic (exact) mass is 270 g/mol. The van der Waals surface area contributed by atoms with E-state index in [1.807, 2.05) is 13.8 Å². The van der Waals surface area contributed by atoms with Crippen molar-refractivity contribution in [2.24, 2.45) is 5.92 Å². The molecule has 0 saturated carbocycles. The predicted octanol–water partition coefficient (Wildman–Crippen LogP) is 2.31. The summed E-state index contributed by atoms with van der Waals surface area (Å²) in [4.78, 5) is 4.15. The van der Waals surface area contributed by atoms with E-state index in [2.05, 4.69) is 4.98 Å². The summed E-state index contributed by atoms with van der Waals surface area (Å²) in [6.07, 6.45) is 0. The summed E-state index contributed by atoms with van der Waals surface area (Å²) in [5.41, 5.74) is 6.96. The highest BCUT2D eigenvalue weighted by atomic mass is 32.2. The maximum absolute atomic E-state index is 12.0. The second kappa shape index (κ2) is 4.27. The van der Waals surface area contributed by atoms with Crippen LogP contribution in [-0.2, 0) is 9.84 Å². The Morgan fingerprint density at radius 3 is 2.76 bits per heavy atom. The molecule has 0 radical (unpaired) electrons. The van der Waals surface area contributed by atoms with Gasteiger partial charge in [-0.1, -0.05) is 13.8 Å². The van der Waals surface area contributed by atoms with Crippen molar-refractivity contribution >= 4 is 37.1 Å². The minimum absolute atomic E-state index is 0.0945. The van der Waals surface area contributed by atoms with Crippen LogP contribution in [0.15, 0.2) is 22.5 Å². The molecule has 0 saturated heterocycles. The van der Waals surface area contributed by atoms with Crippen molar-refractivity contribution in [3.63, 3.8) is 0 Å². The molecule has 17 heavy (non-hydrogen) atoms. The molecule has 6 heteroatoms. The summed E-state index contributed by atoms with van der Waals surface area (Å²) in [5, 5.41) is 0. The van der Waals surface area contributed by atoms with E-state index in [1.54, 1.807) is 18.2 Å². The third kappa shape index (κ3) is 2.58. The first kappa shape index (κ1) is 12.3. The number of hydrogen-bond acceptors (Lipinski definition) is 5. The number of aromatic nitrogens is 1. The van der Waals surface area contributed by atoms with E-state index in [1.165, 1.54) is 11.3 Å². The van der Waals surface area contributed by atoms with Gasteiger partial charge in [0, 0.05) is 5.69 Å². The Labute approximate surface area is 104 Å². The fourth-order valence-corrected chi connectivity index (χ4v) is 4.55. The lowest BCUT2D eigenvalue weighted by atomic mass is 10.3. The molecule has 0 aliphatic heterocycles. The SMILES string of the molecule is CC(C)CS(=O)(=O)c1nc2ccc(N)cc2s1. The molecule has 2 rings (SSSR count). The molecule has 0 aliphatic rings. The van der Waals surface area contributed by atoms with E-state index in [0.29, 0.717) is 11.2 Å². The predicted molar refractivity (Wildman–Crippen MR) is 70.9 cm³/mol. The number of nitrogens with two attached hydrogens (primary N) is 1. The molecule has 0 aliphatic carbocycles. The normalized spacial score (nSPS) is 12.4. The smallest absolute Gasteiger partial charge is 0.210 e. The van der Waals surface area contributed by atoms with Crippen LogP contribution in [0.2, 0.25) is 0 Å². The Bertz CT molecular complexity index is 645. The first-order valence-corrected chi connectivity index (χ1v) is 7.74. The topological polar surface area (TPSA) is 73.0 Å². The Morgan fingerprint density at radius 1 is 1.41 bits per heavy atom. The van der Waals surface area contributed by atoms with Crippen molar-refractivity contribution < 1.29 is 8.42 Å². The van der Waals surface area contributed by atoms with Crippen molar-refractivity contribution in [3.05, 3.63) is 18.2 Å². The molecule has 0 atom stereocenters. The number of sulfone groups is 1. The molecule has 2 aromatic rings. The quantitative estimate of drug-likeness (QED) is 0.869. The van der Waals surface area contributed by atoms with Crippen molar-refractivity contribution in [1.82, 2.24) is 4.98 Å². The fraction of sp³-hybridized carbons (Fsp3) is 0.364. The van der Waals surface area contributed by atoms with Gasteiger partial charge >= 0.3 is 0 Å². The summed E-state index contributed by atoms with van der Waals surface area (Å²) >= 11 is 1.18. The first-order valence-electron chi connectivity index (χ1n) is 5.27. The van der Waals surface area contributed by atoms with Gasteiger partial charge in [-0.2, -0.15) is 0 Å². The molecule has 0 unspecified atom stereocenters. The van der Waals surface area contributed by atoms with Gasteiger partial charge in [-0.05, 0) is 24.1 Å². The number of fused-ring (bicyclic) bond motifs is 1. The third-order valence-corrected chi connectivity index (χ3v) is 5.77. The molecule has 2 N–H and O–H groups in total. The van der Waals surface area contributed by atoms with Gasteiger partial charge in [-0.15, -0.1) is 11.3 Å². The number of thiazole rings is 1. The average Bonchev–Trinajstić information content (AvgIpc) is 2.58. The molecule has 0 fully saturated rings. The van der Waals surface area contributed by atoms with Crippen LogP contribution >= 0.6 is 11.3 Å².